The Bertz CT molecular complexity index is 499. The van der Waals surface area contributed by atoms with E-state index in [4.69, 9.17) is 11.5 Å². The molecule has 0 aliphatic carbocycles. The minimum absolute atomic E-state index is 0.0227. The minimum Gasteiger partial charge on any atom is -0.369 e. The Hall–Kier alpha value is -1.63. The molecule has 0 radical (unpaired) electrons. The Morgan fingerprint density at radius 1 is 1.08 bits per heavy atom. The molecule has 0 aromatic carbocycles. The summed E-state index contributed by atoms with van der Waals surface area (Å²) in [5.74, 6) is -1.34. The molecular formula is C19H36N4O3. The molecule has 150 valence electrons. The number of amides is 3. The van der Waals surface area contributed by atoms with Crippen LogP contribution in [0.4, 0.5) is 0 Å². The van der Waals surface area contributed by atoms with Crippen molar-refractivity contribution in [2.24, 2.45) is 29.2 Å². The number of likely N-dealkylation sites (tertiary alicyclic amines) is 1. The van der Waals surface area contributed by atoms with Crippen LogP contribution in [0.2, 0.25) is 0 Å². The summed E-state index contributed by atoms with van der Waals surface area (Å²) in [6.45, 7) is 9.58. The summed E-state index contributed by atoms with van der Waals surface area (Å²) in [5.41, 5.74) is 10.5. The second-order valence-corrected chi connectivity index (χ2v) is 7.84. The molecule has 0 aromatic heterocycles. The maximum Gasteiger partial charge on any atom is 0.237 e. The molecule has 0 spiro atoms. The van der Waals surface area contributed by atoms with Gasteiger partial charge < -0.3 is 21.7 Å². The van der Waals surface area contributed by atoms with Crippen LogP contribution in [0, 0.1) is 17.8 Å². The first-order valence-electron chi connectivity index (χ1n) is 9.81. The van der Waals surface area contributed by atoms with Gasteiger partial charge in [-0.2, -0.15) is 0 Å². The number of hydrogen-bond acceptors (Lipinski definition) is 4. The maximum absolute atomic E-state index is 13.2. The van der Waals surface area contributed by atoms with E-state index in [2.05, 4.69) is 5.32 Å². The van der Waals surface area contributed by atoms with Gasteiger partial charge in [-0.05, 0) is 38.1 Å². The Balaban J connectivity index is 2.92. The highest BCUT2D eigenvalue weighted by Crippen LogP contribution is 2.30. The number of nitrogens with one attached hydrogen (secondary N) is 1. The highest BCUT2D eigenvalue weighted by Gasteiger charge is 2.42. The number of primary amides is 2. The molecule has 0 unspecified atom stereocenters. The van der Waals surface area contributed by atoms with Gasteiger partial charge in [0.1, 0.15) is 5.54 Å². The predicted octanol–water partition coefficient (Wildman–Crippen LogP) is 1.01. The Labute approximate surface area is 157 Å². The van der Waals surface area contributed by atoms with Crippen LogP contribution in [0.15, 0.2) is 0 Å². The van der Waals surface area contributed by atoms with Crippen molar-refractivity contribution in [3.05, 3.63) is 0 Å². The van der Waals surface area contributed by atoms with Crippen LogP contribution in [-0.2, 0) is 14.4 Å². The molecule has 1 saturated heterocycles. The number of nitrogens with two attached hydrogens (primary N) is 2. The average Bonchev–Trinajstić information content (AvgIpc) is 2.57. The van der Waals surface area contributed by atoms with Crippen molar-refractivity contribution >= 4 is 17.7 Å². The van der Waals surface area contributed by atoms with E-state index in [0.29, 0.717) is 51.2 Å². The maximum atomic E-state index is 13.2. The monoisotopic (exact) mass is 368 g/mol. The SMILES string of the molecule is CCC[C@H](C(N)=O)[C@@H](CC(C)C)C(=O)N1CCC(NCC)(C(N)=O)CC1. The lowest BCUT2D eigenvalue weighted by molar-refractivity contribution is -0.145. The van der Waals surface area contributed by atoms with Crippen molar-refractivity contribution in [2.75, 3.05) is 19.6 Å². The molecule has 0 bridgehead atoms. The topological polar surface area (TPSA) is 119 Å². The van der Waals surface area contributed by atoms with Crippen molar-refractivity contribution in [3.8, 4) is 0 Å². The third-order valence-electron chi connectivity index (χ3n) is 5.41. The molecule has 0 aromatic rings. The first-order chi connectivity index (χ1) is 12.2. The van der Waals surface area contributed by atoms with Gasteiger partial charge in [0.15, 0.2) is 0 Å². The average molecular weight is 369 g/mol. The summed E-state index contributed by atoms with van der Waals surface area (Å²) >= 11 is 0. The first-order valence-corrected chi connectivity index (χ1v) is 9.81. The van der Waals surface area contributed by atoms with Gasteiger partial charge in [-0.25, -0.2) is 0 Å². The Kier molecular flexibility index (Phi) is 8.53. The highest BCUT2D eigenvalue weighted by molar-refractivity contribution is 5.88. The van der Waals surface area contributed by atoms with Gasteiger partial charge in [0.2, 0.25) is 17.7 Å². The van der Waals surface area contributed by atoms with Crippen LogP contribution in [-0.4, -0.2) is 47.8 Å². The molecule has 3 amide bonds. The van der Waals surface area contributed by atoms with Gasteiger partial charge in [0.05, 0.1) is 0 Å². The first kappa shape index (κ1) is 22.4. The van der Waals surface area contributed by atoms with E-state index in [1.165, 1.54) is 0 Å². The van der Waals surface area contributed by atoms with Gasteiger partial charge in [-0.15, -0.1) is 0 Å². The number of nitrogens with zero attached hydrogens (tertiary/aromatic N) is 1. The number of rotatable bonds is 10. The minimum atomic E-state index is -0.744. The van der Waals surface area contributed by atoms with E-state index >= 15 is 0 Å². The fraction of sp³-hybridized carbons (Fsp3) is 0.842. The van der Waals surface area contributed by atoms with Gasteiger partial charge in [0, 0.05) is 24.9 Å². The molecule has 0 saturated carbocycles. The van der Waals surface area contributed by atoms with E-state index in [1.54, 1.807) is 4.90 Å². The van der Waals surface area contributed by atoms with E-state index in [-0.39, 0.29) is 11.8 Å². The second-order valence-electron chi connectivity index (χ2n) is 7.84. The van der Waals surface area contributed by atoms with E-state index in [9.17, 15) is 14.4 Å². The molecule has 5 N–H and O–H groups in total. The van der Waals surface area contributed by atoms with Crippen LogP contribution < -0.4 is 16.8 Å². The molecule has 2 atom stereocenters. The Morgan fingerprint density at radius 3 is 2.04 bits per heavy atom. The van der Waals surface area contributed by atoms with E-state index < -0.39 is 23.3 Å². The lowest BCUT2D eigenvalue weighted by atomic mass is 9.80. The Morgan fingerprint density at radius 2 is 1.65 bits per heavy atom. The third-order valence-corrected chi connectivity index (χ3v) is 5.41. The zero-order valence-electron chi connectivity index (χ0n) is 16.7. The highest BCUT2D eigenvalue weighted by atomic mass is 16.2. The summed E-state index contributed by atoms with van der Waals surface area (Å²) < 4.78 is 0. The quantitative estimate of drug-likeness (QED) is 0.533. The summed E-state index contributed by atoms with van der Waals surface area (Å²) in [5, 5.41) is 3.19. The van der Waals surface area contributed by atoms with E-state index in [1.807, 2.05) is 27.7 Å². The predicted molar refractivity (Wildman–Crippen MR) is 102 cm³/mol. The van der Waals surface area contributed by atoms with Crippen molar-refractivity contribution in [1.29, 1.82) is 0 Å². The van der Waals surface area contributed by atoms with Crippen molar-refractivity contribution in [1.82, 2.24) is 10.2 Å². The zero-order chi connectivity index (χ0) is 19.9. The fourth-order valence-corrected chi connectivity index (χ4v) is 3.99. The zero-order valence-corrected chi connectivity index (χ0v) is 16.7. The second kappa shape index (κ2) is 9.90. The third kappa shape index (κ3) is 5.43. The van der Waals surface area contributed by atoms with Gasteiger partial charge in [-0.3, -0.25) is 14.4 Å². The normalized spacial score (nSPS) is 19.2. The molecule has 1 fully saturated rings. The smallest absolute Gasteiger partial charge is 0.237 e. The van der Waals surface area contributed by atoms with Gasteiger partial charge in [0.25, 0.3) is 0 Å². The molecular weight excluding hydrogens is 332 g/mol. The standard InChI is InChI=1S/C19H36N4O3/c1-5-7-14(16(20)24)15(12-13(3)4)17(25)23-10-8-19(9-11-23,18(21)26)22-6-2/h13-15,22H,5-12H2,1-4H3,(H2,20,24)(H2,21,26)/t14-,15+/m0/s1. The number of hydrogen-bond donors (Lipinski definition) is 3. The number of piperidine rings is 1. The van der Waals surface area contributed by atoms with Crippen molar-refractivity contribution < 1.29 is 14.4 Å². The molecule has 26 heavy (non-hydrogen) atoms. The fourth-order valence-electron chi connectivity index (χ4n) is 3.99. The number of likely N-dealkylation sites (N-methyl/N-ethyl adjacent to an activating group) is 1. The van der Waals surface area contributed by atoms with Crippen LogP contribution in [0.25, 0.3) is 0 Å². The molecule has 7 heteroatoms. The number of carbonyl (C=O) groups is 3. The van der Waals surface area contributed by atoms with Crippen LogP contribution in [0.3, 0.4) is 0 Å². The molecule has 1 heterocycles. The molecule has 1 aliphatic heterocycles. The molecule has 7 nitrogen and oxygen atoms in total. The molecule has 1 rings (SSSR count). The van der Waals surface area contributed by atoms with Crippen LogP contribution in [0.1, 0.15) is 59.8 Å². The van der Waals surface area contributed by atoms with Gasteiger partial charge in [-0.1, -0.05) is 34.1 Å². The van der Waals surface area contributed by atoms with Crippen molar-refractivity contribution in [3.63, 3.8) is 0 Å². The molecule has 1 aliphatic rings. The summed E-state index contributed by atoms with van der Waals surface area (Å²) in [4.78, 5) is 38.8. The van der Waals surface area contributed by atoms with Crippen molar-refractivity contribution in [2.45, 2.75) is 65.3 Å². The van der Waals surface area contributed by atoms with E-state index in [0.717, 1.165) is 6.42 Å². The summed E-state index contributed by atoms with van der Waals surface area (Å²) in [6.07, 6.45) is 3.05. The summed E-state index contributed by atoms with van der Waals surface area (Å²) in [6, 6.07) is 0. The van der Waals surface area contributed by atoms with Crippen LogP contribution in [0.5, 0.6) is 0 Å². The van der Waals surface area contributed by atoms with Crippen LogP contribution >= 0.6 is 0 Å². The number of carbonyl (C=O) groups excluding carboxylic acids is 3. The largest absolute Gasteiger partial charge is 0.369 e. The summed E-state index contributed by atoms with van der Waals surface area (Å²) in [7, 11) is 0. The lowest BCUT2D eigenvalue weighted by Gasteiger charge is -2.42. The lowest BCUT2D eigenvalue weighted by Crippen LogP contribution is -2.62. The van der Waals surface area contributed by atoms with Gasteiger partial charge >= 0.3 is 0 Å².